The molecule has 0 saturated carbocycles. The molecular weight excluding hydrogens is 290 g/mol. The van der Waals surface area contributed by atoms with Gasteiger partial charge >= 0.3 is 0 Å². The lowest BCUT2D eigenvalue weighted by atomic mass is 9.97. The first-order valence-corrected chi connectivity index (χ1v) is 9.43. The number of hydrogen-bond donors (Lipinski definition) is 0. The van der Waals surface area contributed by atoms with Crippen LogP contribution in [0.2, 0.25) is 0 Å². The van der Waals surface area contributed by atoms with Gasteiger partial charge < -0.3 is 5.32 Å². The Morgan fingerprint density at radius 3 is 1.96 bits per heavy atom. The zero-order valence-electron chi connectivity index (χ0n) is 14.8. The van der Waals surface area contributed by atoms with Gasteiger partial charge in [-0.25, -0.2) is 0 Å². The van der Waals surface area contributed by atoms with E-state index in [0.717, 1.165) is 13.1 Å². The van der Waals surface area contributed by atoms with Crippen LogP contribution in [0.1, 0.15) is 51.0 Å². The van der Waals surface area contributed by atoms with Gasteiger partial charge in [-0.2, -0.15) is 0 Å². The predicted molar refractivity (Wildman–Crippen MR) is 107 cm³/mol. The summed E-state index contributed by atoms with van der Waals surface area (Å²) in [4.78, 5) is 0. The van der Waals surface area contributed by atoms with Crippen LogP contribution in [0.3, 0.4) is 0 Å². The summed E-state index contributed by atoms with van der Waals surface area (Å²) in [6.07, 6.45) is 7.98. The summed E-state index contributed by atoms with van der Waals surface area (Å²) in [6, 6.07) is 19.7. The molecule has 0 aromatic heterocycles. The number of rotatable bonds is 9. The van der Waals surface area contributed by atoms with Gasteiger partial charge in [0.15, 0.2) is 0 Å². The van der Waals surface area contributed by atoms with Crippen LogP contribution in [0.5, 0.6) is 0 Å². The second-order valence-electron chi connectivity index (χ2n) is 6.67. The minimum Gasteiger partial charge on any atom is -0.658 e. The van der Waals surface area contributed by atoms with Crippen LogP contribution >= 0.6 is 0 Å². The summed E-state index contributed by atoms with van der Waals surface area (Å²) >= 11 is 0. The van der Waals surface area contributed by atoms with Gasteiger partial charge in [-0.05, 0) is 27.6 Å². The molecule has 0 aliphatic heterocycles. The molecule has 24 heavy (non-hydrogen) atoms. The zero-order chi connectivity index (χ0) is 16.6. The molecular formula is C23H28N-. The number of benzene rings is 3. The Morgan fingerprint density at radius 1 is 0.708 bits per heavy atom. The Balaban J connectivity index is 1.66. The molecule has 3 rings (SSSR count). The molecule has 1 heteroatoms. The summed E-state index contributed by atoms with van der Waals surface area (Å²) in [5.41, 5.74) is 1.38. The Hall–Kier alpha value is -1.86. The molecule has 0 radical (unpaired) electrons. The highest BCUT2D eigenvalue weighted by Gasteiger charge is 2.03. The van der Waals surface area contributed by atoms with Gasteiger partial charge in [-0.3, -0.25) is 0 Å². The summed E-state index contributed by atoms with van der Waals surface area (Å²) in [5, 5.41) is 10.2. The van der Waals surface area contributed by atoms with Crippen molar-refractivity contribution >= 4 is 21.5 Å². The number of nitrogens with zero attached hydrogens (tertiary/aromatic N) is 1. The van der Waals surface area contributed by atoms with Gasteiger partial charge in [0.05, 0.1) is 0 Å². The van der Waals surface area contributed by atoms with Gasteiger partial charge in [-0.15, -0.1) is 13.1 Å². The Labute approximate surface area is 146 Å². The topological polar surface area (TPSA) is 14.1 Å². The molecule has 3 aromatic rings. The maximum absolute atomic E-state index is 4.86. The second kappa shape index (κ2) is 8.84. The minimum absolute atomic E-state index is 0.830. The first-order valence-electron chi connectivity index (χ1n) is 9.43. The standard InChI is InChI=1S/C23H28N/c1-2-3-4-5-6-11-16-24-18-23-21-14-9-7-12-19(21)17-20-13-8-10-15-22(20)23/h7-10,12-15,17H,2-6,11,16,18H2,1H3/q-1. The summed E-state index contributed by atoms with van der Waals surface area (Å²) in [7, 11) is 0. The van der Waals surface area contributed by atoms with E-state index < -0.39 is 0 Å². The van der Waals surface area contributed by atoms with E-state index in [2.05, 4.69) is 61.5 Å². The SMILES string of the molecule is CCCCCCCC[N-]Cc1c2ccccc2cc2ccccc12. The van der Waals surface area contributed by atoms with Crippen molar-refractivity contribution in [3.63, 3.8) is 0 Å². The lowest BCUT2D eigenvalue weighted by molar-refractivity contribution is 0.617. The van der Waals surface area contributed by atoms with Crippen molar-refractivity contribution in [2.75, 3.05) is 6.54 Å². The lowest BCUT2D eigenvalue weighted by Crippen LogP contribution is -1.93. The van der Waals surface area contributed by atoms with Gasteiger partial charge in [0.2, 0.25) is 0 Å². The van der Waals surface area contributed by atoms with Crippen molar-refractivity contribution in [1.82, 2.24) is 0 Å². The number of fused-ring (bicyclic) bond motifs is 2. The van der Waals surface area contributed by atoms with E-state index in [9.17, 15) is 0 Å². The molecule has 0 heterocycles. The summed E-state index contributed by atoms with van der Waals surface area (Å²) in [6.45, 7) is 4.09. The van der Waals surface area contributed by atoms with Crippen LogP contribution in [0.4, 0.5) is 0 Å². The van der Waals surface area contributed by atoms with Crippen molar-refractivity contribution in [2.24, 2.45) is 0 Å². The molecule has 1 nitrogen and oxygen atoms in total. The largest absolute Gasteiger partial charge is 0.658 e. The van der Waals surface area contributed by atoms with Crippen LogP contribution in [-0.2, 0) is 6.54 Å². The molecule has 3 aromatic carbocycles. The van der Waals surface area contributed by atoms with Crippen LogP contribution in [-0.4, -0.2) is 6.54 Å². The molecule has 0 bridgehead atoms. The van der Waals surface area contributed by atoms with E-state index in [1.807, 2.05) is 0 Å². The van der Waals surface area contributed by atoms with Gasteiger partial charge in [0.1, 0.15) is 0 Å². The third-order valence-corrected chi connectivity index (χ3v) is 4.82. The molecule has 0 saturated heterocycles. The molecule has 0 spiro atoms. The summed E-state index contributed by atoms with van der Waals surface area (Å²) < 4.78 is 0. The maximum atomic E-state index is 4.86. The highest BCUT2D eigenvalue weighted by molar-refractivity contribution is 6.02. The van der Waals surface area contributed by atoms with Crippen molar-refractivity contribution in [1.29, 1.82) is 0 Å². The van der Waals surface area contributed by atoms with Crippen molar-refractivity contribution < 1.29 is 0 Å². The molecule has 0 unspecified atom stereocenters. The molecule has 0 N–H and O–H groups in total. The quantitative estimate of drug-likeness (QED) is 0.292. The third kappa shape index (κ3) is 4.15. The van der Waals surface area contributed by atoms with Crippen molar-refractivity contribution in [2.45, 2.75) is 52.0 Å². The summed E-state index contributed by atoms with van der Waals surface area (Å²) in [5.74, 6) is 0. The fourth-order valence-electron chi connectivity index (χ4n) is 3.47. The van der Waals surface area contributed by atoms with Crippen LogP contribution < -0.4 is 0 Å². The Morgan fingerprint density at radius 2 is 1.29 bits per heavy atom. The molecule has 0 fully saturated rings. The highest BCUT2D eigenvalue weighted by atomic mass is 14.8. The first kappa shape index (κ1) is 17.0. The van der Waals surface area contributed by atoms with Crippen molar-refractivity contribution in [3.8, 4) is 0 Å². The molecule has 0 atom stereocenters. The average Bonchev–Trinajstić information content (AvgIpc) is 2.63. The second-order valence-corrected chi connectivity index (χ2v) is 6.67. The van der Waals surface area contributed by atoms with Gasteiger partial charge in [0, 0.05) is 0 Å². The smallest absolute Gasteiger partial charge is 0.0163 e. The Bertz CT molecular complexity index is 721. The minimum atomic E-state index is 0.830. The van der Waals surface area contributed by atoms with Crippen LogP contribution in [0.25, 0.3) is 26.9 Å². The third-order valence-electron chi connectivity index (χ3n) is 4.82. The van der Waals surface area contributed by atoms with Crippen LogP contribution in [0.15, 0.2) is 54.6 Å². The Kier molecular flexibility index (Phi) is 6.26. The average molecular weight is 318 g/mol. The van der Waals surface area contributed by atoms with Crippen molar-refractivity contribution in [3.05, 3.63) is 65.5 Å². The van der Waals surface area contributed by atoms with E-state index in [4.69, 9.17) is 5.32 Å². The highest BCUT2D eigenvalue weighted by Crippen LogP contribution is 2.29. The molecule has 126 valence electrons. The first-order chi connectivity index (χ1) is 11.9. The molecule has 0 aliphatic carbocycles. The predicted octanol–water partition coefficient (Wildman–Crippen LogP) is 7.23. The van der Waals surface area contributed by atoms with Crippen LogP contribution in [0, 0.1) is 0 Å². The van der Waals surface area contributed by atoms with E-state index in [-0.39, 0.29) is 0 Å². The fraction of sp³-hybridized carbons (Fsp3) is 0.391. The monoisotopic (exact) mass is 318 g/mol. The zero-order valence-corrected chi connectivity index (χ0v) is 14.8. The fourth-order valence-corrected chi connectivity index (χ4v) is 3.47. The molecule has 0 aliphatic rings. The molecule has 0 amide bonds. The van der Waals surface area contributed by atoms with E-state index >= 15 is 0 Å². The van der Waals surface area contributed by atoms with Gasteiger partial charge in [-0.1, -0.05) is 99.5 Å². The maximum Gasteiger partial charge on any atom is -0.0163 e. The van der Waals surface area contributed by atoms with E-state index in [0.29, 0.717) is 0 Å². The van der Waals surface area contributed by atoms with E-state index in [1.54, 1.807) is 0 Å². The van der Waals surface area contributed by atoms with E-state index in [1.165, 1.54) is 65.6 Å². The van der Waals surface area contributed by atoms with Gasteiger partial charge in [0.25, 0.3) is 0 Å². The lowest BCUT2D eigenvalue weighted by Gasteiger charge is -2.22. The number of hydrogen-bond acceptors (Lipinski definition) is 0. The number of unbranched alkanes of at least 4 members (excludes halogenated alkanes) is 5. The normalized spacial score (nSPS) is 11.4.